The highest BCUT2D eigenvalue weighted by atomic mass is 32.2. The lowest BCUT2D eigenvalue weighted by Gasteiger charge is -2.38. The predicted octanol–water partition coefficient (Wildman–Crippen LogP) is 9.12. The van der Waals surface area contributed by atoms with Gasteiger partial charge >= 0.3 is 0 Å². The zero-order valence-electron chi connectivity index (χ0n) is 31.1. The average Bonchev–Trinajstić information content (AvgIpc) is 3.31. The van der Waals surface area contributed by atoms with Crippen molar-refractivity contribution in [1.29, 1.82) is 5.26 Å². The third-order valence-electron chi connectivity index (χ3n) is 9.33. The van der Waals surface area contributed by atoms with Crippen molar-refractivity contribution in [3.63, 3.8) is 0 Å². The minimum atomic E-state index is -3.57. The number of aromatic nitrogens is 1. The van der Waals surface area contributed by atoms with Crippen LogP contribution in [-0.2, 0) is 37.8 Å². The lowest BCUT2D eigenvalue weighted by atomic mass is 9.85. The van der Waals surface area contributed by atoms with Crippen molar-refractivity contribution in [3.8, 4) is 6.07 Å². The van der Waals surface area contributed by atoms with E-state index < -0.39 is 38.0 Å². The summed E-state index contributed by atoms with van der Waals surface area (Å²) in [5, 5.41) is 20.8. The van der Waals surface area contributed by atoms with Gasteiger partial charge in [-0.1, -0.05) is 82.3 Å². The molecule has 0 spiro atoms. The molecule has 2 N–H and O–H groups in total. The number of rotatable bonds is 11. The van der Waals surface area contributed by atoms with E-state index in [1.54, 1.807) is 13.8 Å². The monoisotopic (exact) mass is 706 g/mol. The molecule has 0 radical (unpaired) electrons. The Morgan fingerprint density at radius 3 is 1.91 bits per heavy atom. The molecule has 2 rings (SSSR count). The van der Waals surface area contributed by atoms with Crippen LogP contribution >= 0.6 is 11.3 Å². The van der Waals surface area contributed by atoms with Crippen LogP contribution in [0.1, 0.15) is 128 Å². The van der Waals surface area contributed by atoms with E-state index in [4.69, 9.17) is 9.41 Å². The number of hydrogen-bond acceptors (Lipinski definition) is 7. The van der Waals surface area contributed by atoms with Crippen LogP contribution in [0.5, 0.6) is 0 Å². The van der Waals surface area contributed by atoms with E-state index in [0.717, 1.165) is 28.0 Å². The second-order valence-electron chi connectivity index (χ2n) is 16.6. The zero-order chi connectivity index (χ0) is 35.8. The number of aliphatic hydroxyl groups is 1. The molecule has 0 saturated heterocycles. The average molecular weight is 707 g/mol. The van der Waals surface area contributed by atoms with Gasteiger partial charge in [0.2, 0.25) is 0 Å². The molecule has 1 heterocycles. The van der Waals surface area contributed by atoms with Crippen LogP contribution in [0.25, 0.3) is 0 Å². The topological polar surface area (TPSA) is 125 Å². The van der Waals surface area contributed by atoms with Crippen molar-refractivity contribution in [2.45, 2.75) is 154 Å². The summed E-state index contributed by atoms with van der Waals surface area (Å²) in [6.07, 6.45) is -0.0458. The number of nitriles is 1. The molecule has 1 atom stereocenters. The van der Waals surface area contributed by atoms with E-state index in [-0.39, 0.29) is 34.9 Å². The highest BCUT2D eigenvalue weighted by Crippen LogP contribution is 2.41. The molecular weight excluding hydrogens is 649 g/mol. The Labute approximate surface area is 285 Å². The van der Waals surface area contributed by atoms with E-state index in [0.29, 0.717) is 20.5 Å². The lowest BCUT2D eigenvalue weighted by Crippen LogP contribution is -2.54. The van der Waals surface area contributed by atoms with Crippen molar-refractivity contribution in [3.05, 3.63) is 45.1 Å². The van der Waals surface area contributed by atoms with Crippen molar-refractivity contribution in [2.75, 3.05) is 0 Å². The zero-order valence-corrected chi connectivity index (χ0v) is 34.7. The highest BCUT2D eigenvalue weighted by molar-refractivity contribution is 7.95. The molecule has 258 valence electrons. The smallest absolute Gasteiger partial charge is 0.259 e. The Morgan fingerprint density at radius 1 is 1.02 bits per heavy atom. The minimum Gasteiger partial charge on any atom is -0.411 e. The van der Waals surface area contributed by atoms with Gasteiger partial charge in [-0.05, 0) is 77.7 Å². The van der Waals surface area contributed by atoms with E-state index in [1.807, 2.05) is 39.8 Å². The summed E-state index contributed by atoms with van der Waals surface area (Å²) >= 11 is 1.13. The van der Waals surface area contributed by atoms with Crippen LogP contribution in [-0.4, -0.2) is 36.8 Å². The Bertz CT molecular complexity index is 1560. The molecule has 0 aliphatic carbocycles. The van der Waals surface area contributed by atoms with Crippen LogP contribution in [0.3, 0.4) is 0 Å². The van der Waals surface area contributed by atoms with Crippen molar-refractivity contribution in [1.82, 2.24) is 9.37 Å². The van der Waals surface area contributed by atoms with Gasteiger partial charge in [0.25, 0.3) is 5.91 Å². The number of nitrogens with zero attached hydrogens (tertiary/aromatic N) is 3. The molecular formula is C34H58N4O4S2Si2. The van der Waals surface area contributed by atoms with Gasteiger partial charge in [0.15, 0.2) is 8.32 Å². The van der Waals surface area contributed by atoms with Gasteiger partial charge in [-0.25, -0.2) is 13.6 Å². The fraction of sp³-hybridized carbons (Fsp3) is 0.676. The highest BCUT2D eigenvalue weighted by Gasteiger charge is 2.42. The minimum absolute atomic E-state index is 0.0458. The fourth-order valence-corrected chi connectivity index (χ4v) is 12.6. The maximum absolute atomic E-state index is 15.4. The maximum Gasteiger partial charge on any atom is 0.259 e. The van der Waals surface area contributed by atoms with Gasteiger partial charge in [0.1, 0.15) is 33.0 Å². The maximum atomic E-state index is 15.4. The molecule has 46 heavy (non-hydrogen) atoms. The second-order valence-corrected chi connectivity index (χ2v) is 29.9. The molecule has 0 aliphatic rings. The van der Waals surface area contributed by atoms with Gasteiger partial charge in [0.05, 0.1) is 30.4 Å². The van der Waals surface area contributed by atoms with E-state index >= 15 is 4.21 Å². The Kier molecular flexibility index (Phi) is 12.3. The van der Waals surface area contributed by atoms with Gasteiger partial charge in [-0.3, -0.25) is 4.79 Å². The van der Waals surface area contributed by atoms with E-state index in [9.17, 15) is 15.2 Å². The normalized spacial score (nSPS) is 14.8. The third-order valence-corrected chi connectivity index (χ3v) is 24.0. The summed E-state index contributed by atoms with van der Waals surface area (Å²) in [5.41, 5.74) is 2.36. The van der Waals surface area contributed by atoms with Crippen LogP contribution in [0, 0.1) is 11.3 Å². The summed E-state index contributed by atoms with van der Waals surface area (Å²) in [7, 11) is -8.32. The number of benzene rings is 1. The van der Waals surface area contributed by atoms with Crippen LogP contribution in [0.2, 0.25) is 36.3 Å². The van der Waals surface area contributed by atoms with Gasteiger partial charge in [0, 0.05) is 0 Å². The molecule has 1 aromatic heterocycles. The fourth-order valence-electron chi connectivity index (χ4n) is 4.33. The van der Waals surface area contributed by atoms with Crippen LogP contribution in [0.4, 0.5) is 0 Å². The van der Waals surface area contributed by atoms with Gasteiger partial charge in [-0.2, -0.15) is 5.26 Å². The first kappa shape index (κ1) is 40.4. The van der Waals surface area contributed by atoms with E-state index in [1.165, 1.54) is 0 Å². The molecule has 0 fully saturated rings. The molecule has 0 bridgehead atoms. The summed E-state index contributed by atoms with van der Waals surface area (Å²) in [6.45, 7) is 32.8. The van der Waals surface area contributed by atoms with Crippen molar-refractivity contribution < 1.29 is 18.5 Å². The second kappa shape index (κ2) is 14.0. The molecule has 12 heteroatoms. The quantitative estimate of drug-likeness (QED) is 0.225. The number of amides is 1. The number of carbonyl (C=O) groups is 1. The molecule has 0 aliphatic heterocycles. The third kappa shape index (κ3) is 9.45. The molecule has 0 saturated carbocycles. The first-order chi connectivity index (χ1) is 20.6. The van der Waals surface area contributed by atoms with E-state index in [2.05, 4.69) is 82.6 Å². The first-order valence-corrected chi connectivity index (χ1v) is 24.3. The molecule has 1 unspecified atom stereocenters. The molecule has 1 aromatic carbocycles. The summed E-state index contributed by atoms with van der Waals surface area (Å²) in [6, 6.07) is 5.95. The molecule has 1 amide bonds. The summed E-state index contributed by atoms with van der Waals surface area (Å²) in [5.74, 6) is -0.379. The number of hydrogen-bond donors (Lipinski definition) is 2. The summed E-state index contributed by atoms with van der Waals surface area (Å²) in [4.78, 5) is 18.8. The van der Waals surface area contributed by atoms with Crippen molar-refractivity contribution in [2.24, 2.45) is 4.36 Å². The van der Waals surface area contributed by atoms with Crippen LogP contribution in [0.15, 0.2) is 20.7 Å². The number of carbonyl (C=O) groups excluding carboxylic acids is 1. The van der Waals surface area contributed by atoms with Crippen LogP contribution < -0.4 is 4.39 Å². The largest absolute Gasteiger partial charge is 0.411 e. The standard InChI is InChI=1S/C34H58N4O4S2Si2/c1-22(2)25-17-24(20-35)18-26(23(3)4)27(25)19-29(39)37-44(41,38-45(13,14)32(5,6)7)30-28(36-31(43-30)34(11,12)40)21-42-46(15,16)33(8,9)10/h17-18,22-23,40H,19,21H2,1-16H3,(H,37,38,39,41). The molecule has 8 nitrogen and oxygen atoms in total. The van der Waals surface area contributed by atoms with Gasteiger partial charge < -0.3 is 9.53 Å². The number of thiazole rings is 1. The predicted molar refractivity (Wildman–Crippen MR) is 197 cm³/mol. The van der Waals surface area contributed by atoms with Crippen molar-refractivity contribution >= 4 is 43.7 Å². The molecule has 2 aromatic rings. The Hall–Kier alpha value is -1.73. The Morgan fingerprint density at radius 2 is 1.52 bits per heavy atom. The SMILES string of the molecule is CC(C)c1cc(C#N)cc(C(C)C)c1CC(=O)N=S(=O)(N[Si](C)(C)C(C)(C)C)c1sc(C(C)(C)O)nc1CO[Si](C)(C)C(C)(C)C. The lowest BCUT2D eigenvalue weighted by molar-refractivity contribution is -0.117. The first-order valence-electron chi connectivity index (χ1n) is 16.1. The Balaban J connectivity index is 2.89. The number of nitrogens with one attached hydrogen (secondary N) is 1. The summed E-state index contributed by atoms with van der Waals surface area (Å²) < 4.78 is 30.3. The van der Waals surface area contributed by atoms with Gasteiger partial charge in [-0.15, -0.1) is 15.7 Å².